The van der Waals surface area contributed by atoms with Crippen molar-refractivity contribution in [2.24, 2.45) is 5.92 Å². The lowest BCUT2D eigenvalue weighted by Gasteiger charge is -2.30. The van der Waals surface area contributed by atoms with Crippen LogP contribution in [0.3, 0.4) is 0 Å². The van der Waals surface area contributed by atoms with Crippen LogP contribution >= 0.6 is 0 Å². The summed E-state index contributed by atoms with van der Waals surface area (Å²) in [6.07, 6.45) is 1.59. The Morgan fingerprint density at radius 2 is 1.79 bits per heavy atom. The molecule has 0 spiro atoms. The molecule has 1 amide bonds. The number of carbonyl (C=O) groups excluding carboxylic acids is 1. The molecule has 4 aromatic rings. The summed E-state index contributed by atoms with van der Waals surface area (Å²) in [6, 6.07) is 21.9. The van der Waals surface area contributed by atoms with Crippen molar-refractivity contribution in [3.8, 4) is 17.1 Å². The van der Waals surface area contributed by atoms with Gasteiger partial charge in [-0.2, -0.15) is 4.98 Å². The Balaban J connectivity index is 1.03. The number of carbonyl (C=O) groups is 1. The minimum Gasteiger partial charge on any atom is -0.489 e. The summed E-state index contributed by atoms with van der Waals surface area (Å²) >= 11 is 0. The first-order chi connectivity index (χ1) is 18.5. The molecule has 0 atom stereocenters. The second kappa shape index (κ2) is 12.0. The lowest BCUT2D eigenvalue weighted by molar-refractivity contribution is -0.126. The molecule has 196 valence electrons. The Bertz CT molecular complexity index is 1350. The number of ether oxygens (including phenoxy) is 1. The predicted molar refractivity (Wildman–Crippen MR) is 141 cm³/mol. The van der Waals surface area contributed by atoms with E-state index in [2.05, 4.69) is 20.4 Å². The van der Waals surface area contributed by atoms with Gasteiger partial charge in [0.2, 0.25) is 17.6 Å². The normalized spacial score (nSPS) is 14.4. The van der Waals surface area contributed by atoms with Gasteiger partial charge < -0.3 is 14.6 Å². The molecule has 0 unspecified atom stereocenters. The Kier molecular flexibility index (Phi) is 8.09. The number of hydrogen-bond acceptors (Lipinski definition) is 6. The van der Waals surface area contributed by atoms with Crippen LogP contribution in [0.5, 0.6) is 5.75 Å². The van der Waals surface area contributed by atoms with Crippen molar-refractivity contribution in [3.63, 3.8) is 0 Å². The number of aromatic nitrogens is 2. The standard InChI is InChI=1S/C30H31FN4O3/c1-21-3-2-4-25(17-21)29-33-28(38-34-29)19-35-15-13-24(14-16-35)30(36)32-18-22-7-11-27(12-8-22)37-20-23-5-9-26(31)10-6-23/h2-12,17,24H,13-16,18-20H2,1H3,(H,32,36). The van der Waals surface area contributed by atoms with Gasteiger partial charge >= 0.3 is 0 Å². The Morgan fingerprint density at radius 3 is 2.53 bits per heavy atom. The fraction of sp³-hybridized carbons (Fsp3) is 0.300. The van der Waals surface area contributed by atoms with E-state index in [1.54, 1.807) is 12.1 Å². The van der Waals surface area contributed by atoms with Gasteiger partial charge in [0.05, 0.1) is 6.54 Å². The molecule has 0 saturated carbocycles. The van der Waals surface area contributed by atoms with Gasteiger partial charge in [-0.05, 0) is 74.3 Å². The molecule has 3 aromatic carbocycles. The molecule has 38 heavy (non-hydrogen) atoms. The van der Waals surface area contributed by atoms with E-state index in [9.17, 15) is 9.18 Å². The van der Waals surface area contributed by atoms with Crippen LogP contribution in [-0.2, 0) is 24.5 Å². The van der Waals surface area contributed by atoms with Crippen LogP contribution in [0.15, 0.2) is 77.3 Å². The quantitative estimate of drug-likeness (QED) is 0.327. The Hall–Kier alpha value is -4.04. The number of aryl methyl sites for hydroxylation is 1. The molecule has 0 radical (unpaired) electrons. The van der Waals surface area contributed by atoms with Crippen molar-refractivity contribution in [3.05, 3.63) is 101 Å². The lowest BCUT2D eigenvalue weighted by Crippen LogP contribution is -2.40. The van der Waals surface area contributed by atoms with Gasteiger partial charge in [0.1, 0.15) is 18.2 Å². The number of piperidine rings is 1. The molecule has 7 nitrogen and oxygen atoms in total. The van der Waals surface area contributed by atoms with Gasteiger partial charge in [-0.25, -0.2) is 4.39 Å². The van der Waals surface area contributed by atoms with Crippen LogP contribution in [0.2, 0.25) is 0 Å². The van der Waals surface area contributed by atoms with Crippen molar-refractivity contribution in [1.82, 2.24) is 20.4 Å². The molecular formula is C30H31FN4O3. The summed E-state index contributed by atoms with van der Waals surface area (Å²) in [6.45, 7) is 5.08. The van der Waals surface area contributed by atoms with Crippen LogP contribution in [0, 0.1) is 18.7 Å². The van der Waals surface area contributed by atoms with E-state index in [0.717, 1.165) is 53.9 Å². The highest BCUT2D eigenvalue weighted by Gasteiger charge is 2.26. The predicted octanol–water partition coefficient (Wildman–Crippen LogP) is 5.29. The number of halogens is 1. The molecule has 1 fully saturated rings. The first-order valence-electron chi connectivity index (χ1n) is 12.9. The van der Waals surface area contributed by atoms with E-state index in [1.807, 2.05) is 55.5 Å². The SMILES string of the molecule is Cc1cccc(-c2noc(CN3CCC(C(=O)NCc4ccc(OCc5ccc(F)cc5)cc4)CC3)n2)c1. The third-order valence-corrected chi connectivity index (χ3v) is 6.77. The number of nitrogens with one attached hydrogen (secondary N) is 1. The lowest BCUT2D eigenvalue weighted by atomic mass is 9.96. The largest absolute Gasteiger partial charge is 0.489 e. The maximum absolute atomic E-state index is 13.0. The highest BCUT2D eigenvalue weighted by Crippen LogP contribution is 2.22. The number of rotatable bonds is 9. The van der Waals surface area contributed by atoms with Crippen LogP contribution in [0.1, 0.15) is 35.4 Å². The fourth-order valence-corrected chi connectivity index (χ4v) is 4.55. The average Bonchev–Trinajstić information content (AvgIpc) is 3.41. The molecule has 1 aliphatic heterocycles. The summed E-state index contributed by atoms with van der Waals surface area (Å²) in [7, 11) is 0. The maximum Gasteiger partial charge on any atom is 0.241 e. The summed E-state index contributed by atoms with van der Waals surface area (Å²) in [5.74, 6) is 1.74. The summed E-state index contributed by atoms with van der Waals surface area (Å²) in [4.78, 5) is 19.6. The Labute approximate surface area is 221 Å². The molecular weight excluding hydrogens is 483 g/mol. The highest BCUT2D eigenvalue weighted by atomic mass is 19.1. The number of amides is 1. The van der Waals surface area contributed by atoms with E-state index in [0.29, 0.717) is 31.4 Å². The van der Waals surface area contributed by atoms with E-state index in [4.69, 9.17) is 9.26 Å². The summed E-state index contributed by atoms with van der Waals surface area (Å²) < 4.78 is 24.2. The van der Waals surface area contributed by atoms with Crippen LogP contribution in [0.4, 0.5) is 4.39 Å². The maximum atomic E-state index is 13.0. The summed E-state index contributed by atoms with van der Waals surface area (Å²) in [5.41, 5.74) is 4.00. The van der Waals surface area contributed by atoms with E-state index < -0.39 is 0 Å². The molecule has 8 heteroatoms. The zero-order valence-electron chi connectivity index (χ0n) is 21.4. The van der Waals surface area contributed by atoms with Gasteiger partial charge in [-0.1, -0.05) is 53.2 Å². The zero-order valence-corrected chi connectivity index (χ0v) is 21.4. The molecule has 2 heterocycles. The van der Waals surface area contributed by atoms with Gasteiger partial charge in [-0.3, -0.25) is 9.69 Å². The third kappa shape index (κ3) is 6.83. The molecule has 0 aliphatic carbocycles. The van der Waals surface area contributed by atoms with E-state index in [1.165, 1.54) is 12.1 Å². The zero-order chi connectivity index (χ0) is 26.3. The van der Waals surface area contributed by atoms with Crippen molar-refractivity contribution in [2.75, 3.05) is 13.1 Å². The number of likely N-dealkylation sites (tertiary alicyclic amines) is 1. The molecule has 1 saturated heterocycles. The van der Waals surface area contributed by atoms with Gasteiger partial charge in [0.25, 0.3) is 0 Å². The monoisotopic (exact) mass is 514 g/mol. The first kappa shape index (κ1) is 25.6. The number of benzene rings is 3. The van der Waals surface area contributed by atoms with Crippen LogP contribution in [0.25, 0.3) is 11.4 Å². The minimum absolute atomic E-state index is 0.00453. The van der Waals surface area contributed by atoms with Gasteiger partial charge in [-0.15, -0.1) is 0 Å². The topological polar surface area (TPSA) is 80.5 Å². The summed E-state index contributed by atoms with van der Waals surface area (Å²) in [5, 5.41) is 7.19. The van der Waals surface area contributed by atoms with Crippen molar-refractivity contribution < 1.29 is 18.4 Å². The second-order valence-electron chi connectivity index (χ2n) is 9.71. The van der Waals surface area contributed by atoms with Crippen molar-refractivity contribution in [2.45, 2.75) is 39.5 Å². The van der Waals surface area contributed by atoms with E-state index in [-0.39, 0.29) is 17.6 Å². The van der Waals surface area contributed by atoms with E-state index >= 15 is 0 Å². The average molecular weight is 515 g/mol. The molecule has 1 aromatic heterocycles. The Morgan fingerprint density at radius 1 is 1.05 bits per heavy atom. The molecule has 5 rings (SSSR count). The number of hydrogen-bond donors (Lipinski definition) is 1. The van der Waals surface area contributed by atoms with Crippen molar-refractivity contribution >= 4 is 5.91 Å². The van der Waals surface area contributed by atoms with Crippen LogP contribution in [-0.4, -0.2) is 34.0 Å². The van der Waals surface area contributed by atoms with Crippen molar-refractivity contribution in [1.29, 1.82) is 0 Å². The third-order valence-electron chi connectivity index (χ3n) is 6.77. The first-order valence-corrected chi connectivity index (χ1v) is 12.9. The smallest absolute Gasteiger partial charge is 0.241 e. The fourth-order valence-electron chi connectivity index (χ4n) is 4.55. The van der Waals surface area contributed by atoms with Crippen LogP contribution < -0.4 is 10.1 Å². The van der Waals surface area contributed by atoms with Gasteiger partial charge in [0.15, 0.2) is 0 Å². The second-order valence-corrected chi connectivity index (χ2v) is 9.71. The molecule has 0 bridgehead atoms. The number of nitrogens with zero attached hydrogens (tertiary/aromatic N) is 3. The molecule has 1 N–H and O–H groups in total. The molecule has 1 aliphatic rings. The minimum atomic E-state index is -0.262. The van der Waals surface area contributed by atoms with Gasteiger partial charge in [0, 0.05) is 18.0 Å². The highest BCUT2D eigenvalue weighted by molar-refractivity contribution is 5.78.